The second-order valence-electron chi connectivity index (χ2n) is 7.69. The van der Waals surface area contributed by atoms with Crippen molar-refractivity contribution in [2.75, 3.05) is 13.6 Å². The summed E-state index contributed by atoms with van der Waals surface area (Å²) in [5, 5.41) is 28.9. The average Bonchev–Trinajstić information content (AvgIpc) is 2.58. The first-order valence-corrected chi connectivity index (χ1v) is 9.88. The lowest BCUT2D eigenvalue weighted by Gasteiger charge is -2.43. The number of carboxylic acid groups (broad SMARTS) is 1. The molecule has 0 unspecified atom stereocenters. The number of benzene rings is 1. The number of hydrogen-bond acceptors (Lipinski definition) is 5. The third-order valence-corrected chi connectivity index (χ3v) is 6.22. The number of halogens is 2. The van der Waals surface area contributed by atoms with Crippen LogP contribution in [0.2, 0.25) is 16.4 Å². The number of hydrogen-bond donors (Lipinski definition) is 4. The van der Waals surface area contributed by atoms with Crippen molar-refractivity contribution in [3.8, 4) is 0 Å². The fourth-order valence-corrected chi connectivity index (χ4v) is 4.30. The highest BCUT2D eigenvalue weighted by atomic mass is 35.5. The first-order chi connectivity index (χ1) is 12.6. The Hall–Kier alpha value is -0.825. The second kappa shape index (κ2) is 9.59. The molecule has 0 aromatic heterocycles. The van der Waals surface area contributed by atoms with Gasteiger partial charge in [0.1, 0.15) is 5.54 Å². The molecule has 0 aliphatic heterocycles. The summed E-state index contributed by atoms with van der Waals surface area (Å²) in [6, 6.07) is 5.46. The molecule has 2 rings (SSSR count). The van der Waals surface area contributed by atoms with Gasteiger partial charge >= 0.3 is 13.1 Å². The van der Waals surface area contributed by atoms with E-state index in [1.807, 2.05) is 24.1 Å². The highest BCUT2D eigenvalue weighted by Gasteiger charge is 2.47. The number of carbonyl (C=O) groups is 1. The van der Waals surface area contributed by atoms with Crippen LogP contribution in [-0.2, 0) is 11.3 Å². The Kier molecular flexibility index (Phi) is 7.98. The molecule has 0 bridgehead atoms. The van der Waals surface area contributed by atoms with Crippen LogP contribution in [0.1, 0.15) is 31.2 Å². The SMILES string of the molecule is CN(Cc1ccc(Cl)c(Cl)c1)C[C@H]1CC[C@@H](CCB(O)O)C[C@]1(N)C(=O)O. The standard InChI is InChI=1S/C18H27BCl2N2O4/c1-23(10-13-3-5-15(20)16(21)8-13)11-14-4-2-12(6-7-19(26)27)9-18(14,22)17(24)25/h3,5,8,12,14,26-27H,2,4,6-7,9-11,22H2,1H3,(H,24,25)/t12-,14+,18+/m0/s1. The van der Waals surface area contributed by atoms with Crippen LogP contribution in [0.4, 0.5) is 0 Å². The highest BCUT2D eigenvalue weighted by Crippen LogP contribution is 2.38. The fraction of sp³-hybridized carbons (Fsp3) is 0.611. The van der Waals surface area contributed by atoms with Crippen molar-refractivity contribution in [2.24, 2.45) is 17.6 Å². The molecular formula is C18H27BCl2N2O4. The Morgan fingerprint density at radius 1 is 1.33 bits per heavy atom. The Bertz CT molecular complexity index is 664. The van der Waals surface area contributed by atoms with Crippen molar-refractivity contribution in [3.63, 3.8) is 0 Å². The molecule has 1 fully saturated rings. The zero-order valence-electron chi connectivity index (χ0n) is 15.4. The topological polar surface area (TPSA) is 107 Å². The maximum Gasteiger partial charge on any atom is 0.451 e. The van der Waals surface area contributed by atoms with Crippen LogP contribution in [0.3, 0.4) is 0 Å². The predicted molar refractivity (Wildman–Crippen MR) is 108 cm³/mol. The number of nitrogens with zero attached hydrogens (tertiary/aromatic N) is 1. The van der Waals surface area contributed by atoms with Crippen molar-refractivity contribution in [3.05, 3.63) is 33.8 Å². The molecule has 0 amide bonds. The molecule has 5 N–H and O–H groups in total. The molecule has 1 aromatic rings. The zero-order chi connectivity index (χ0) is 20.2. The monoisotopic (exact) mass is 416 g/mol. The quantitative estimate of drug-likeness (QED) is 0.485. The van der Waals surface area contributed by atoms with Crippen molar-refractivity contribution in [1.29, 1.82) is 0 Å². The third-order valence-electron chi connectivity index (χ3n) is 5.48. The number of nitrogens with two attached hydrogens (primary N) is 1. The predicted octanol–water partition coefficient (Wildman–Crippen LogP) is 2.49. The molecule has 1 aromatic carbocycles. The van der Waals surface area contributed by atoms with Gasteiger partial charge in [-0.15, -0.1) is 0 Å². The molecule has 150 valence electrons. The van der Waals surface area contributed by atoms with E-state index in [2.05, 4.69) is 0 Å². The molecule has 0 heterocycles. The van der Waals surface area contributed by atoms with Crippen LogP contribution in [0.15, 0.2) is 18.2 Å². The van der Waals surface area contributed by atoms with E-state index in [9.17, 15) is 9.90 Å². The second-order valence-corrected chi connectivity index (χ2v) is 8.51. The molecule has 9 heteroatoms. The van der Waals surface area contributed by atoms with E-state index in [-0.39, 0.29) is 18.2 Å². The molecule has 1 aliphatic carbocycles. The summed E-state index contributed by atoms with van der Waals surface area (Å²) in [5.74, 6) is -1.09. The maximum absolute atomic E-state index is 11.9. The van der Waals surface area contributed by atoms with Gasteiger partial charge in [0.05, 0.1) is 10.0 Å². The highest BCUT2D eigenvalue weighted by molar-refractivity contribution is 6.42. The Morgan fingerprint density at radius 2 is 2.04 bits per heavy atom. The Morgan fingerprint density at radius 3 is 2.63 bits per heavy atom. The van der Waals surface area contributed by atoms with Crippen LogP contribution in [0.25, 0.3) is 0 Å². The van der Waals surface area contributed by atoms with Crippen LogP contribution in [-0.4, -0.2) is 52.3 Å². The van der Waals surface area contributed by atoms with Crippen molar-refractivity contribution >= 4 is 36.3 Å². The van der Waals surface area contributed by atoms with Crippen molar-refractivity contribution < 1.29 is 19.9 Å². The first kappa shape index (κ1) is 22.5. The molecule has 0 saturated heterocycles. The Balaban J connectivity index is 2.00. The molecule has 0 spiro atoms. The summed E-state index contributed by atoms with van der Waals surface area (Å²) in [5.41, 5.74) is 6.02. The summed E-state index contributed by atoms with van der Waals surface area (Å²) in [6.07, 6.45) is 2.68. The van der Waals surface area contributed by atoms with Crippen LogP contribution < -0.4 is 5.73 Å². The van der Waals surface area contributed by atoms with Gasteiger partial charge in [-0.25, -0.2) is 0 Å². The molecular weight excluding hydrogens is 390 g/mol. The molecule has 3 atom stereocenters. The lowest BCUT2D eigenvalue weighted by molar-refractivity contribution is -0.148. The average molecular weight is 417 g/mol. The van der Waals surface area contributed by atoms with Gasteiger partial charge in [-0.05, 0) is 56.2 Å². The van der Waals surface area contributed by atoms with E-state index in [1.165, 1.54) is 0 Å². The third kappa shape index (κ3) is 6.08. The van der Waals surface area contributed by atoms with Crippen LogP contribution >= 0.6 is 23.2 Å². The van der Waals surface area contributed by atoms with E-state index in [4.69, 9.17) is 39.0 Å². The smallest absolute Gasteiger partial charge is 0.451 e. The van der Waals surface area contributed by atoms with E-state index in [1.54, 1.807) is 6.07 Å². The minimum Gasteiger partial charge on any atom is -0.480 e. The van der Waals surface area contributed by atoms with Gasteiger partial charge in [0.2, 0.25) is 0 Å². The molecule has 0 radical (unpaired) electrons. The largest absolute Gasteiger partial charge is 0.480 e. The van der Waals surface area contributed by atoms with E-state index in [0.29, 0.717) is 42.4 Å². The summed E-state index contributed by atoms with van der Waals surface area (Å²) in [6.45, 7) is 1.17. The maximum atomic E-state index is 11.9. The van der Waals surface area contributed by atoms with Gasteiger partial charge in [0, 0.05) is 19.0 Å². The minimum atomic E-state index is -1.36. The van der Waals surface area contributed by atoms with E-state index < -0.39 is 18.6 Å². The number of carboxylic acids is 1. The molecule has 1 saturated carbocycles. The lowest BCUT2D eigenvalue weighted by Crippen LogP contribution is -2.59. The van der Waals surface area contributed by atoms with E-state index in [0.717, 1.165) is 12.0 Å². The number of rotatable bonds is 8. The molecule has 1 aliphatic rings. The summed E-state index contributed by atoms with van der Waals surface area (Å²) >= 11 is 12.0. The summed E-state index contributed by atoms with van der Waals surface area (Å²) in [7, 11) is 0.566. The Labute approximate surface area is 170 Å². The van der Waals surface area contributed by atoms with Gasteiger partial charge in [0.15, 0.2) is 0 Å². The van der Waals surface area contributed by atoms with E-state index >= 15 is 0 Å². The summed E-state index contributed by atoms with van der Waals surface area (Å²) in [4.78, 5) is 14.0. The van der Waals surface area contributed by atoms with Crippen molar-refractivity contribution in [1.82, 2.24) is 4.90 Å². The normalized spacial score (nSPS) is 25.6. The van der Waals surface area contributed by atoms with Crippen LogP contribution in [0.5, 0.6) is 0 Å². The lowest BCUT2D eigenvalue weighted by atomic mass is 9.66. The number of aliphatic carboxylic acids is 1. The first-order valence-electron chi connectivity index (χ1n) is 9.12. The van der Waals surface area contributed by atoms with Gasteiger partial charge in [-0.1, -0.05) is 35.7 Å². The van der Waals surface area contributed by atoms with Crippen molar-refractivity contribution in [2.45, 2.75) is 44.1 Å². The fourth-order valence-electron chi connectivity index (χ4n) is 3.98. The minimum absolute atomic E-state index is 0.0875. The van der Waals surface area contributed by atoms with Gasteiger partial charge in [0.25, 0.3) is 0 Å². The zero-order valence-corrected chi connectivity index (χ0v) is 17.0. The summed E-state index contributed by atoms with van der Waals surface area (Å²) < 4.78 is 0. The van der Waals surface area contributed by atoms with Gasteiger partial charge in [-0.3, -0.25) is 4.79 Å². The molecule has 27 heavy (non-hydrogen) atoms. The van der Waals surface area contributed by atoms with Crippen LogP contribution in [0, 0.1) is 11.8 Å². The van der Waals surface area contributed by atoms with Gasteiger partial charge in [-0.2, -0.15) is 0 Å². The van der Waals surface area contributed by atoms with Gasteiger partial charge < -0.3 is 25.8 Å². The molecule has 6 nitrogen and oxygen atoms in total.